The molecule has 0 unspecified atom stereocenters. The summed E-state index contributed by atoms with van der Waals surface area (Å²) in [6.45, 7) is 3.95. The summed E-state index contributed by atoms with van der Waals surface area (Å²) in [7, 11) is 2.13. The van der Waals surface area contributed by atoms with E-state index in [0.29, 0.717) is 45.7 Å². The van der Waals surface area contributed by atoms with Crippen molar-refractivity contribution in [3.05, 3.63) is 124 Å². The zero-order chi connectivity index (χ0) is 36.1. The van der Waals surface area contributed by atoms with Gasteiger partial charge in [-0.2, -0.15) is 5.26 Å². The van der Waals surface area contributed by atoms with Gasteiger partial charge in [0, 0.05) is 91.9 Å². The first-order chi connectivity index (χ1) is 25.9. The first kappa shape index (κ1) is 32.1. The van der Waals surface area contributed by atoms with Crippen LogP contribution in [-0.2, 0) is 19.7 Å². The van der Waals surface area contributed by atoms with E-state index in [1.54, 1.807) is 47.6 Å². The lowest BCUT2D eigenvalue weighted by atomic mass is 10.0. The van der Waals surface area contributed by atoms with E-state index in [-0.39, 0.29) is 18.8 Å². The molecule has 1 saturated heterocycles. The number of aromatic nitrogens is 6. The van der Waals surface area contributed by atoms with E-state index >= 15 is 0 Å². The monoisotopic (exact) mass is 703 g/mol. The maximum atomic E-state index is 13.7. The smallest absolute Gasteiger partial charge is 0.419 e. The molecule has 0 bridgehead atoms. The maximum absolute atomic E-state index is 13.7. The van der Waals surface area contributed by atoms with Crippen LogP contribution in [0.2, 0.25) is 0 Å². The van der Waals surface area contributed by atoms with Gasteiger partial charge in [0.2, 0.25) is 0 Å². The molecule has 3 aromatic carbocycles. The number of oxazole rings is 1. The Labute approximate surface area is 301 Å². The number of hydrogen-bond donors (Lipinski definition) is 1. The van der Waals surface area contributed by atoms with Crippen molar-refractivity contribution in [1.82, 2.24) is 34.0 Å². The second-order valence-electron chi connectivity index (χ2n) is 13.3. The fraction of sp³-hybridized carbons (Fsp3) is 0.200. The van der Waals surface area contributed by atoms with Crippen molar-refractivity contribution in [1.29, 1.82) is 5.26 Å². The lowest BCUT2D eigenvalue weighted by Crippen LogP contribution is -2.44. The van der Waals surface area contributed by atoms with Gasteiger partial charge in [0.1, 0.15) is 11.6 Å². The molecule has 8 aromatic rings. The number of ether oxygens (including phenoxy) is 1. The van der Waals surface area contributed by atoms with Gasteiger partial charge in [-0.1, -0.05) is 12.1 Å². The fourth-order valence-electron chi connectivity index (χ4n) is 7.15. The number of pyridine rings is 3. The van der Waals surface area contributed by atoms with E-state index < -0.39 is 5.76 Å². The van der Waals surface area contributed by atoms with E-state index in [2.05, 4.69) is 43.9 Å². The number of aryl methyl sites for hydroxylation is 2. The molecule has 1 aliphatic heterocycles. The largest absolute Gasteiger partial charge is 0.470 e. The second-order valence-corrected chi connectivity index (χ2v) is 13.3. The SMILES string of the molecule is CN1CCN(c2cc(OCn3c(CCn4c(=O)oc5cc(C#N)ccc54)nc4ccncc43)c3[nH]c(=O)c(-c4ccc5ccncc5c4)cc3c2)CC1. The summed E-state index contributed by atoms with van der Waals surface area (Å²) in [6, 6.07) is 22.8. The predicted molar refractivity (Wildman–Crippen MR) is 202 cm³/mol. The van der Waals surface area contributed by atoms with E-state index in [4.69, 9.17) is 14.1 Å². The van der Waals surface area contributed by atoms with Crippen LogP contribution in [0.1, 0.15) is 11.4 Å². The molecule has 13 nitrogen and oxygen atoms in total. The molecule has 0 aliphatic carbocycles. The average molecular weight is 704 g/mol. The number of hydrogen-bond acceptors (Lipinski definition) is 10. The van der Waals surface area contributed by atoms with Crippen molar-refractivity contribution in [2.75, 3.05) is 38.1 Å². The van der Waals surface area contributed by atoms with Crippen LogP contribution in [-0.4, -0.2) is 67.2 Å². The van der Waals surface area contributed by atoms with Gasteiger partial charge in [-0.25, -0.2) is 9.78 Å². The summed E-state index contributed by atoms with van der Waals surface area (Å²) in [5.74, 6) is 0.709. The number of likely N-dealkylation sites (N-methyl/N-ethyl adjacent to an activating group) is 1. The number of nitriles is 1. The summed E-state index contributed by atoms with van der Waals surface area (Å²) in [6.07, 6.45) is 7.37. The molecule has 9 rings (SSSR count). The molecule has 1 aliphatic rings. The van der Waals surface area contributed by atoms with Gasteiger partial charge in [0.05, 0.1) is 39.9 Å². The Morgan fingerprint density at radius 3 is 2.58 bits per heavy atom. The quantitative estimate of drug-likeness (QED) is 0.221. The van der Waals surface area contributed by atoms with Gasteiger partial charge in [-0.3, -0.25) is 23.9 Å². The molecule has 5 aromatic heterocycles. The Bertz CT molecular complexity index is 2860. The Balaban J connectivity index is 1.09. The highest BCUT2D eigenvalue weighted by Gasteiger charge is 2.20. The van der Waals surface area contributed by atoms with E-state index in [9.17, 15) is 14.9 Å². The Hall–Kier alpha value is -6.78. The molecular formula is C40H33N9O4. The Morgan fingerprint density at radius 1 is 0.868 bits per heavy atom. The molecule has 6 heterocycles. The van der Waals surface area contributed by atoms with Gasteiger partial charge >= 0.3 is 5.76 Å². The van der Waals surface area contributed by atoms with Crippen LogP contribution in [0.4, 0.5) is 5.69 Å². The third-order valence-electron chi connectivity index (χ3n) is 10.1. The predicted octanol–water partition coefficient (Wildman–Crippen LogP) is 5.30. The third kappa shape index (κ3) is 5.94. The molecule has 1 fully saturated rings. The van der Waals surface area contributed by atoms with Crippen molar-refractivity contribution in [2.45, 2.75) is 19.7 Å². The van der Waals surface area contributed by atoms with Crippen LogP contribution in [0.5, 0.6) is 5.75 Å². The lowest BCUT2D eigenvalue weighted by molar-refractivity contribution is 0.238. The molecule has 0 radical (unpaired) electrons. The number of fused-ring (bicyclic) bond motifs is 4. The highest BCUT2D eigenvalue weighted by Crippen LogP contribution is 2.33. The van der Waals surface area contributed by atoms with Crippen molar-refractivity contribution in [3.63, 3.8) is 0 Å². The highest BCUT2D eigenvalue weighted by atomic mass is 16.5. The van der Waals surface area contributed by atoms with Crippen LogP contribution in [0.15, 0.2) is 106 Å². The van der Waals surface area contributed by atoms with Crippen LogP contribution < -0.4 is 21.0 Å². The van der Waals surface area contributed by atoms with Crippen LogP contribution in [0, 0.1) is 11.3 Å². The zero-order valence-corrected chi connectivity index (χ0v) is 28.8. The normalized spacial score (nSPS) is 13.7. The number of nitrogens with one attached hydrogen (secondary N) is 1. The van der Waals surface area contributed by atoms with E-state index in [1.807, 2.05) is 47.0 Å². The first-order valence-electron chi connectivity index (χ1n) is 17.4. The molecule has 0 saturated carbocycles. The molecule has 0 atom stereocenters. The Kier molecular flexibility index (Phi) is 7.93. The number of nitrogens with zero attached hydrogens (tertiary/aromatic N) is 8. The second kappa shape index (κ2) is 13.1. The van der Waals surface area contributed by atoms with Gasteiger partial charge in [-0.05, 0) is 60.5 Å². The first-order valence-corrected chi connectivity index (χ1v) is 17.4. The van der Waals surface area contributed by atoms with Crippen molar-refractivity contribution >= 4 is 49.5 Å². The number of piperazine rings is 1. The molecule has 262 valence electrons. The molecule has 0 amide bonds. The maximum Gasteiger partial charge on any atom is 0.419 e. The molecule has 0 spiro atoms. The topological polar surface area (TPSA) is 151 Å². The zero-order valence-electron chi connectivity index (χ0n) is 28.8. The van der Waals surface area contributed by atoms with E-state index in [0.717, 1.165) is 64.6 Å². The Morgan fingerprint density at radius 2 is 1.72 bits per heavy atom. The minimum Gasteiger partial charge on any atom is -0.470 e. The summed E-state index contributed by atoms with van der Waals surface area (Å²) >= 11 is 0. The summed E-state index contributed by atoms with van der Waals surface area (Å²) < 4.78 is 15.6. The van der Waals surface area contributed by atoms with Crippen LogP contribution >= 0.6 is 0 Å². The number of imidazole rings is 1. The summed E-state index contributed by atoms with van der Waals surface area (Å²) in [5.41, 5.74) is 5.62. The summed E-state index contributed by atoms with van der Waals surface area (Å²) in [4.78, 5) is 47.9. The summed E-state index contributed by atoms with van der Waals surface area (Å²) in [5, 5.41) is 12.1. The standard InChI is InChI=1S/C40H33N9O4/c1-46-12-14-47(15-13-46)30-18-28-19-31(27-4-3-26-6-9-42-22-29(26)17-27)39(50)45-38(28)36(20-30)52-24-49-34-23-43-10-7-32(34)44-37(49)8-11-48-33-5-2-25(21-41)16-35(33)53-40(48)51/h2-7,9-10,16-20,22-23H,8,11-15,24H2,1H3,(H,45,50). The van der Waals surface area contributed by atoms with Crippen molar-refractivity contribution in [3.8, 4) is 22.9 Å². The minimum atomic E-state index is -0.508. The molecular weight excluding hydrogens is 670 g/mol. The van der Waals surface area contributed by atoms with Crippen molar-refractivity contribution < 1.29 is 9.15 Å². The average Bonchev–Trinajstić information content (AvgIpc) is 3.70. The van der Waals surface area contributed by atoms with Gasteiger partial charge in [-0.15, -0.1) is 0 Å². The number of rotatable bonds is 8. The fourth-order valence-corrected chi connectivity index (χ4v) is 7.15. The van der Waals surface area contributed by atoms with Gasteiger partial charge in [0.15, 0.2) is 12.3 Å². The van der Waals surface area contributed by atoms with Crippen LogP contribution in [0.25, 0.3) is 54.9 Å². The van der Waals surface area contributed by atoms with Crippen molar-refractivity contribution in [2.24, 2.45) is 0 Å². The molecule has 13 heteroatoms. The molecule has 1 N–H and O–H groups in total. The van der Waals surface area contributed by atoms with Crippen LogP contribution in [0.3, 0.4) is 0 Å². The molecule has 53 heavy (non-hydrogen) atoms. The number of aromatic amines is 1. The van der Waals surface area contributed by atoms with E-state index in [1.165, 1.54) is 0 Å². The number of H-pyrrole nitrogens is 1. The number of benzene rings is 3. The lowest BCUT2D eigenvalue weighted by Gasteiger charge is -2.34. The minimum absolute atomic E-state index is 0.0762. The third-order valence-corrected chi connectivity index (χ3v) is 10.1. The highest BCUT2D eigenvalue weighted by molar-refractivity contribution is 5.93. The van der Waals surface area contributed by atoms with Gasteiger partial charge < -0.3 is 23.9 Å². The number of anilines is 1. The van der Waals surface area contributed by atoms with Gasteiger partial charge in [0.25, 0.3) is 5.56 Å².